The molecule has 0 saturated carbocycles. The van der Waals surface area contributed by atoms with E-state index in [1.54, 1.807) is 0 Å². The number of likely N-dealkylation sites (tertiary alicyclic amines) is 3. The molecule has 0 N–H and O–H groups in total. The summed E-state index contributed by atoms with van der Waals surface area (Å²) in [7, 11) is 0. The Kier molecular flexibility index (Phi) is 31.5. The highest BCUT2D eigenvalue weighted by molar-refractivity contribution is 4.85. The van der Waals surface area contributed by atoms with E-state index in [0.29, 0.717) is 36.1 Å². The van der Waals surface area contributed by atoms with E-state index >= 15 is 0 Å². The van der Waals surface area contributed by atoms with Gasteiger partial charge in [0.2, 0.25) is 0 Å². The Morgan fingerprint density at radius 1 is 0.403 bits per heavy atom. The van der Waals surface area contributed by atoms with Gasteiger partial charge in [0.1, 0.15) is 0 Å². The Bertz CT molecular complexity index is 1130. The van der Waals surface area contributed by atoms with Gasteiger partial charge in [0.25, 0.3) is 0 Å². The zero-order valence-electron chi connectivity index (χ0n) is 49.7. The van der Waals surface area contributed by atoms with E-state index in [9.17, 15) is 0 Å². The molecule has 6 fully saturated rings. The van der Waals surface area contributed by atoms with Crippen molar-refractivity contribution in [2.75, 3.05) is 92.1 Å². The lowest BCUT2D eigenvalue weighted by atomic mass is 9.87. The summed E-state index contributed by atoms with van der Waals surface area (Å²) in [6.07, 6.45) is 5.13. The van der Waals surface area contributed by atoms with Gasteiger partial charge in [-0.3, -0.25) is 14.7 Å². The van der Waals surface area contributed by atoms with Gasteiger partial charge in [0.15, 0.2) is 0 Å². The number of rotatable bonds is 10. The van der Waals surface area contributed by atoms with E-state index in [1.165, 1.54) is 65.1 Å². The standard InChI is InChI=1S/3C10H21NO.C10H21N.2C9H19N/c1-8(2)9-6-11(7-12-9)10(3,4)5;1-8(2)10-5-11(9(3)4)7-12-6-10;1-8(2)10-7-11(9(3)4)5-6-12-10;1-8(2)10-5-6-11(7-10)9(3)4;1-7(2)9-5-10(6-9)8(3)4;1-8(2)10-6-4-5-9(3)7-10/h8-9H,6-7H2,1-5H3;2*8-10H,5-7H2,1-4H3;8-10H,5-7H2,1-4H3;7-9H,5-6H2,1-4H3;8-9H,4-7H2,1-3H3. The van der Waals surface area contributed by atoms with Crippen LogP contribution in [0.25, 0.3) is 0 Å². The number of nitrogens with zero attached hydrogens (tertiary/aromatic N) is 6. The fourth-order valence-corrected chi connectivity index (χ4v) is 9.35. The average Bonchev–Trinajstić information content (AvgIpc) is 3.94. The second kappa shape index (κ2) is 32.7. The van der Waals surface area contributed by atoms with Gasteiger partial charge < -0.3 is 28.9 Å². The molecule has 6 aliphatic rings. The number of hydrogen-bond acceptors (Lipinski definition) is 9. The maximum Gasteiger partial charge on any atom is 0.0999 e. The lowest BCUT2D eigenvalue weighted by Gasteiger charge is -2.44. The smallest absolute Gasteiger partial charge is 0.0999 e. The maximum atomic E-state index is 5.68. The van der Waals surface area contributed by atoms with E-state index in [1.807, 2.05) is 0 Å². The molecule has 0 radical (unpaired) electrons. The van der Waals surface area contributed by atoms with Crippen LogP contribution in [0.3, 0.4) is 0 Å². The first-order chi connectivity index (χ1) is 31.0. The van der Waals surface area contributed by atoms with E-state index < -0.39 is 0 Å². The van der Waals surface area contributed by atoms with Crippen molar-refractivity contribution in [2.45, 2.75) is 233 Å². The summed E-state index contributed by atoms with van der Waals surface area (Å²) in [5.41, 5.74) is 0.254. The monoisotopic (exact) mass is 951 g/mol. The van der Waals surface area contributed by atoms with Gasteiger partial charge >= 0.3 is 0 Å². The Labute approximate surface area is 420 Å². The molecule has 402 valence electrons. The molecule has 6 aliphatic heterocycles. The third-order valence-electron chi connectivity index (χ3n) is 15.8. The second-order valence-electron chi connectivity index (χ2n) is 25.9. The van der Waals surface area contributed by atoms with Gasteiger partial charge in [-0.15, -0.1) is 0 Å². The van der Waals surface area contributed by atoms with Crippen LogP contribution in [0.5, 0.6) is 0 Å². The van der Waals surface area contributed by atoms with Crippen molar-refractivity contribution in [3.63, 3.8) is 0 Å². The lowest BCUT2D eigenvalue weighted by Crippen LogP contribution is -2.51. The van der Waals surface area contributed by atoms with Gasteiger partial charge in [0, 0.05) is 88.1 Å². The Hall–Kier alpha value is -0.360. The number of morpholine rings is 1. The van der Waals surface area contributed by atoms with Crippen molar-refractivity contribution in [3.05, 3.63) is 0 Å². The minimum absolute atomic E-state index is 0.254. The zero-order chi connectivity index (χ0) is 51.3. The molecule has 6 saturated heterocycles. The normalized spacial score (nSPS) is 26.7. The quantitative estimate of drug-likeness (QED) is 0.213. The minimum atomic E-state index is 0.254. The van der Waals surface area contributed by atoms with Crippen LogP contribution in [0, 0.1) is 53.3 Å². The molecular formula is C58H122N6O3. The van der Waals surface area contributed by atoms with Crippen molar-refractivity contribution < 1.29 is 14.2 Å². The summed E-state index contributed by atoms with van der Waals surface area (Å²) < 4.78 is 16.9. The van der Waals surface area contributed by atoms with Crippen LogP contribution < -0.4 is 0 Å². The largest absolute Gasteiger partial charge is 0.375 e. The summed E-state index contributed by atoms with van der Waals surface area (Å²) in [4.78, 5) is 15.0. The van der Waals surface area contributed by atoms with Crippen LogP contribution >= 0.6 is 0 Å². The molecule has 0 aromatic rings. The fourth-order valence-electron chi connectivity index (χ4n) is 9.35. The van der Waals surface area contributed by atoms with Gasteiger partial charge in [-0.05, 0) is 176 Å². The summed E-state index contributed by atoms with van der Waals surface area (Å²) in [5, 5.41) is 0. The van der Waals surface area contributed by atoms with Crippen LogP contribution in [-0.4, -0.2) is 169 Å². The van der Waals surface area contributed by atoms with Crippen LogP contribution in [0.15, 0.2) is 0 Å². The second-order valence-corrected chi connectivity index (χ2v) is 25.9. The van der Waals surface area contributed by atoms with E-state index in [2.05, 4.69) is 196 Å². The summed E-state index contributed by atoms with van der Waals surface area (Å²) >= 11 is 0. The van der Waals surface area contributed by atoms with E-state index in [-0.39, 0.29) is 5.54 Å². The molecule has 5 atom stereocenters. The van der Waals surface area contributed by atoms with Crippen molar-refractivity contribution in [1.82, 2.24) is 29.4 Å². The van der Waals surface area contributed by atoms with Gasteiger partial charge in [-0.2, -0.15) is 0 Å². The third-order valence-corrected chi connectivity index (χ3v) is 15.8. The Balaban J connectivity index is 0.000000403. The highest BCUT2D eigenvalue weighted by Gasteiger charge is 2.33. The minimum Gasteiger partial charge on any atom is -0.375 e. The highest BCUT2D eigenvalue weighted by Crippen LogP contribution is 2.27. The molecule has 9 nitrogen and oxygen atoms in total. The van der Waals surface area contributed by atoms with Crippen molar-refractivity contribution in [1.29, 1.82) is 0 Å². The van der Waals surface area contributed by atoms with E-state index in [0.717, 1.165) is 106 Å². The Morgan fingerprint density at radius 2 is 0.851 bits per heavy atom. The van der Waals surface area contributed by atoms with Crippen LogP contribution in [0.1, 0.15) is 185 Å². The van der Waals surface area contributed by atoms with Crippen molar-refractivity contribution in [3.8, 4) is 0 Å². The first-order valence-electron chi connectivity index (χ1n) is 28.3. The van der Waals surface area contributed by atoms with Gasteiger partial charge in [0.05, 0.1) is 38.9 Å². The molecule has 6 heterocycles. The first kappa shape index (κ1) is 64.7. The highest BCUT2D eigenvalue weighted by atomic mass is 16.5. The fraction of sp³-hybridized carbons (Fsp3) is 1.00. The molecule has 0 aliphatic carbocycles. The molecule has 0 aromatic carbocycles. The van der Waals surface area contributed by atoms with Crippen LogP contribution in [0.2, 0.25) is 0 Å². The third kappa shape index (κ3) is 25.7. The average molecular weight is 952 g/mol. The molecule has 67 heavy (non-hydrogen) atoms. The Morgan fingerprint density at radius 3 is 1.22 bits per heavy atom. The number of piperidine rings is 1. The van der Waals surface area contributed by atoms with Crippen LogP contribution in [0.4, 0.5) is 0 Å². The number of hydrogen-bond donors (Lipinski definition) is 0. The summed E-state index contributed by atoms with van der Waals surface area (Å²) in [6.45, 7) is 70.4. The zero-order valence-corrected chi connectivity index (χ0v) is 49.7. The molecular weight excluding hydrogens is 829 g/mol. The maximum absolute atomic E-state index is 5.68. The number of ether oxygens (including phenoxy) is 3. The SMILES string of the molecule is CC(C)C1CCN(C(C)C)C1.CC(C)C1CN(C(C)(C)C)CO1.CC(C)C1CN(C(C)C)C1.CC(C)C1CN(C(C)C)CCO1.CC(C)C1COCN(C(C)C)C1.CC1CCCN(C(C)C)C1. The van der Waals surface area contributed by atoms with Crippen molar-refractivity contribution >= 4 is 0 Å². The lowest BCUT2D eigenvalue weighted by molar-refractivity contribution is -0.0701. The van der Waals surface area contributed by atoms with Crippen LogP contribution in [-0.2, 0) is 14.2 Å². The van der Waals surface area contributed by atoms with Crippen molar-refractivity contribution in [2.24, 2.45) is 53.3 Å². The molecule has 0 spiro atoms. The van der Waals surface area contributed by atoms with Gasteiger partial charge in [-0.25, -0.2) is 0 Å². The molecule has 9 heteroatoms. The van der Waals surface area contributed by atoms with E-state index in [4.69, 9.17) is 14.2 Å². The summed E-state index contributed by atoms with van der Waals surface area (Å²) in [6, 6.07) is 3.54. The molecule has 6 rings (SSSR count). The molecule has 0 bridgehead atoms. The molecule has 0 amide bonds. The predicted molar refractivity (Wildman–Crippen MR) is 293 cm³/mol. The first-order valence-corrected chi connectivity index (χ1v) is 28.3. The van der Waals surface area contributed by atoms with Gasteiger partial charge in [-0.1, -0.05) is 76.2 Å². The predicted octanol–water partition coefficient (Wildman–Crippen LogP) is 12.3. The molecule has 5 unspecified atom stereocenters. The summed E-state index contributed by atoms with van der Waals surface area (Å²) in [5.74, 6) is 7.36. The topological polar surface area (TPSA) is 47.1 Å². The molecule has 0 aromatic heterocycles.